The summed E-state index contributed by atoms with van der Waals surface area (Å²) in [4.78, 5) is 36.2. The predicted molar refractivity (Wildman–Crippen MR) is 129 cm³/mol. The first kappa shape index (κ1) is 25.1. The Morgan fingerprint density at radius 2 is 1.69 bits per heavy atom. The van der Waals surface area contributed by atoms with Crippen LogP contribution in [0.1, 0.15) is 20.7 Å². The zero-order valence-electron chi connectivity index (χ0n) is 19.0. The van der Waals surface area contributed by atoms with E-state index in [1.54, 1.807) is 6.07 Å². The van der Waals surface area contributed by atoms with E-state index in [1.807, 2.05) is 0 Å². The number of anilines is 3. The molecule has 0 spiro atoms. The van der Waals surface area contributed by atoms with Crippen LogP contribution in [-0.2, 0) is 4.74 Å². The van der Waals surface area contributed by atoms with Crippen molar-refractivity contribution in [2.24, 2.45) is 0 Å². The first-order chi connectivity index (χ1) is 16.8. The van der Waals surface area contributed by atoms with E-state index < -0.39 is 22.6 Å². The third kappa shape index (κ3) is 6.51. The van der Waals surface area contributed by atoms with Crippen LogP contribution in [0.2, 0.25) is 0 Å². The minimum atomic E-state index is -0.593. The van der Waals surface area contributed by atoms with Gasteiger partial charge in [-0.1, -0.05) is 6.07 Å². The fourth-order valence-electron chi connectivity index (χ4n) is 3.17. The highest BCUT2D eigenvalue weighted by Crippen LogP contribution is 2.30. The summed E-state index contributed by atoms with van der Waals surface area (Å²) in [5.41, 5.74) is 0.712. The second-order valence-corrected chi connectivity index (χ2v) is 7.24. The summed E-state index contributed by atoms with van der Waals surface area (Å²) in [6, 6.07) is 13.8. The van der Waals surface area contributed by atoms with Crippen molar-refractivity contribution >= 4 is 34.6 Å². The summed E-state index contributed by atoms with van der Waals surface area (Å²) in [6.45, 7) is 0.716. The average Bonchev–Trinajstić information content (AvgIpc) is 2.84. The normalized spacial score (nSPS) is 10.4. The van der Waals surface area contributed by atoms with Crippen molar-refractivity contribution in [3.05, 3.63) is 87.7 Å². The molecule has 3 aromatic rings. The highest BCUT2D eigenvalue weighted by molar-refractivity contribution is 6.07. The number of nitro benzene ring substituents is 1. The van der Waals surface area contributed by atoms with Gasteiger partial charge in [0.1, 0.15) is 17.3 Å². The van der Waals surface area contributed by atoms with Crippen LogP contribution in [0.5, 0.6) is 5.75 Å². The molecule has 0 fully saturated rings. The number of hydrogen-bond donors (Lipinski definition) is 3. The lowest BCUT2D eigenvalue weighted by Gasteiger charge is -2.13. The predicted octanol–water partition coefficient (Wildman–Crippen LogP) is 4.31. The Labute approximate surface area is 200 Å². The fourth-order valence-corrected chi connectivity index (χ4v) is 3.17. The number of carbonyl (C=O) groups is 2. The number of nitro groups is 1. The Bertz CT molecular complexity index is 1250. The van der Waals surface area contributed by atoms with Crippen molar-refractivity contribution in [1.82, 2.24) is 0 Å². The van der Waals surface area contributed by atoms with E-state index in [4.69, 9.17) is 9.47 Å². The number of methoxy groups -OCH3 is 2. The van der Waals surface area contributed by atoms with Gasteiger partial charge < -0.3 is 25.4 Å². The molecule has 0 bridgehead atoms. The molecule has 0 unspecified atom stereocenters. The number of nitrogens with zero attached hydrogens (tertiary/aromatic N) is 1. The van der Waals surface area contributed by atoms with Gasteiger partial charge in [0.2, 0.25) is 0 Å². The molecule has 0 radical (unpaired) electrons. The van der Waals surface area contributed by atoms with Gasteiger partial charge in [-0.3, -0.25) is 19.7 Å². The van der Waals surface area contributed by atoms with E-state index in [0.717, 1.165) is 6.07 Å². The largest absolute Gasteiger partial charge is 0.495 e. The molecular weight excluding hydrogens is 459 g/mol. The second kappa shape index (κ2) is 11.6. The van der Waals surface area contributed by atoms with Crippen LogP contribution in [0.15, 0.2) is 60.7 Å². The highest BCUT2D eigenvalue weighted by atomic mass is 19.1. The smallest absolute Gasteiger partial charge is 0.293 e. The SMILES string of the molecule is COCCNc1ccc(C(=O)Nc2ccc(OC)c(NC(=O)c3cccc(F)c3)c2)cc1[N+](=O)[O-]. The van der Waals surface area contributed by atoms with Gasteiger partial charge in [-0.25, -0.2) is 4.39 Å². The highest BCUT2D eigenvalue weighted by Gasteiger charge is 2.18. The van der Waals surface area contributed by atoms with Gasteiger partial charge in [-0.2, -0.15) is 0 Å². The zero-order valence-corrected chi connectivity index (χ0v) is 19.0. The van der Waals surface area contributed by atoms with Crippen molar-refractivity contribution in [2.45, 2.75) is 0 Å². The lowest BCUT2D eigenvalue weighted by atomic mass is 10.1. The molecule has 0 aliphatic heterocycles. The summed E-state index contributed by atoms with van der Waals surface area (Å²) in [7, 11) is 2.92. The van der Waals surface area contributed by atoms with Crippen LogP contribution in [0, 0.1) is 15.9 Å². The number of halogens is 1. The van der Waals surface area contributed by atoms with Crippen molar-refractivity contribution in [1.29, 1.82) is 0 Å². The van der Waals surface area contributed by atoms with E-state index in [1.165, 1.54) is 62.8 Å². The molecule has 3 rings (SSSR count). The third-order valence-corrected chi connectivity index (χ3v) is 4.87. The molecule has 0 aliphatic carbocycles. The second-order valence-electron chi connectivity index (χ2n) is 7.24. The molecule has 11 heteroatoms. The van der Waals surface area contributed by atoms with Crippen LogP contribution in [-0.4, -0.2) is 44.1 Å². The van der Waals surface area contributed by atoms with Crippen LogP contribution in [0.4, 0.5) is 27.1 Å². The third-order valence-electron chi connectivity index (χ3n) is 4.87. The number of ether oxygens (including phenoxy) is 2. The number of rotatable bonds is 10. The van der Waals surface area contributed by atoms with Crippen molar-refractivity contribution in [3.63, 3.8) is 0 Å². The van der Waals surface area contributed by atoms with Crippen molar-refractivity contribution < 1.29 is 28.4 Å². The van der Waals surface area contributed by atoms with Crippen LogP contribution >= 0.6 is 0 Å². The Balaban J connectivity index is 1.79. The molecule has 0 saturated carbocycles. The molecule has 0 saturated heterocycles. The lowest BCUT2D eigenvalue weighted by molar-refractivity contribution is -0.384. The Morgan fingerprint density at radius 1 is 0.943 bits per heavy atom. The fraction of sp³-hybridized carbons (Fsp3) is 0.167. The maximum Gasteiger partial charge on any atom is 0.293 e. The van der Waals surface area contributed by atoms with E-state index in [2.05, 4.69) is 16.0 Å². The molecule has 0 heterocycles. The van der Waals surface area contributed by atoms with E-state index in [9.17, 15) is 24.1 Å². The molecule has 0 aliphatic rings. The minimum absolute atomic E-state index is 0.0650. The molecule has 0 aromatic heterocycles. The molecule has 182 valence electrons. The van der Waals surface area contributed by atoms with E-state index in [0.29, 0.717) is 24.6 Å². The van der Waals surface area contributed by atoms with Gasteiger partial charge in [0.05, 0.1) is 24.3 Å². The maximum absolute atomic E-state index is 13.5. The van der Waals surface area contributed by atoms with E-state index >= 15 is 0 Å². The van der Waals surface area contributed by atoms with Gasteiger partial charge in [-0.15, -0.1) is 0 Å². The molecule has 35 heavy (non-hydrogen) atoms. The number of hydrogen-bond acceptors (Lipinski definition) is 7. The molecule has 10 nitrogen and oxygen atoms in total. The maximum atomic E-state index is 13.5. The van der Waals surface area contributed by atoms with Crippen LogP contribution < -0.4 is 20.7 Å². The summed E-state index contributed by atoms with van der Waals surface area (Å²) >= 11 is 0. The van der Waals surface area contributed by atoms with Gasteiger partial charge in [-0.05, 0) is 48.5 Å². The number of nitrogens with one attached hydrogen (secondary N) is 3. The van der Waals surface area contributed by atoms with Gasteiger partial charge >= 0.3 is 0 Å². The Hall–Kier alpha value is -4.51. The Morgan fingerprint density at radius 3 is 2.37 bits per heavy atom. The first-order valence-corrected chi connectivity index (χ1v) is 10.4. The van der Waals surface area contributed by atoms with Gasteiger partial charge in [0, 0.05) is 36.5 Å². The van der Waals surface area contributed by atoms with Gasteiger partial charge in [0.15, 0.2) is 0 Å². The number of carbonyl (C=O) groups excluding carboxylic acids is 2. The Kier molecular flexibility index (Phi) is 8.30. The average molecular weight is 482 g/mol. The molecule has 2 amide bonds. The lowest BCUT2D eigenvalue weighted by Crippen LogP contribution is -2.15. The van der Waals surface area contributed by atoms with Gasteiger partial charge in [0.25, 0.3) is 17.5 Å². The topological polar surface area (TPSA) is 132 Å². The summed E-state index contributed by atoms with van der Waals surface area (Å²) in [5, 5.41) is 19.6. The minimum Gasteiger partial charge on any atom is -0.495 e. The van der Waals surface area contributed by atoms with Crippen LogP contribution in [0.25, 0.3) is 0 Å². The quantitative estimate of drug-likeness (QED) is 0.223. The summed E-state index contributed by atoms with van der Waals surface area (Å²) in [5.74, 6) is -1.41. The molecular formula is C24H23FN4O6. The van der Waals surface area contributed by atoms with E-state index in [-0.39, 0.29) is 28.2 Å². The monoisotopic (exact) mass is 482 g/mol. The standard InChI is InChI=1S/C24H23FN4O6/c1-34-11-10-26-19-8-6-16(13-21(19)29(32)33)23(30)27-18-7-9-22(35-2)20(14-18)28-24(31)15-4-3-5-17(25)12-15/h3-9,12-14,26H,10-11H2,1-2H3,(H,27,30)(H,28,31). The van der Waals surface area contributed by atoms with Crippen molar-refractivity contribution in [2.75, 3.05) is 43.3 Å². The molecule has 3 aromatic carbocycles. The number of benzene rings is 3. The number of amides is 2. The summed E-state index contributed by atoms with van der Waals surface area (Å²) in [6.07, 6.45) is 0. The molecule has 0 atom stereocenters. The van der Waals surface area contributed by atoms with Crippen molar-refractivity contribution in [3.8, 4) is 5.75 Å². The first-order valence-electron chi connectivity index (χ1n) is 10.4. The summed E-state index contributed by atoms with van der Waals surface area (Å²) < 4.78 is 23.6. The van der Waals surface area contributed by atoms with Crippen LogP contribution in [0.3, 0.4) is 0 Å². The zero-order chi connectivity index (χ0) is 25.4. The molecule has 3 N–H and O–H groups in total.